The van der Waals surface area contributed by atoms with Crippen LogP contribution in [0.5, 0.6) is 0 Å². The highest BCUT2D eigenvalue weighted by Gasteiger charge is 2.09. The Bertz CT molecular complexity index is 701. The van der Waals surface area contributed by atoms with Gasteiger partial charge < -0.3 is 15.4 Å². The Balaban J connectivity index is 0.00000243. The highest BCUT2D eigenvalue weighted by molar-refractivity contribution is 14.0. The van der Waals surface area contributed by atoms with Gasteiger partial charge in [0, 0.05) is 39.8 Å². The average molecular weight is 468 g/mol. The van der Waals surface area contributed by atoms with Crippen LogP contribution in [-0.2, 0) is 11.2 Å². The number of hydrogen-bond acceptors (Lipinski definition) is 3. The Hall–Kier alpha value is -1.38. The number of ether oxygens (including phenoxy) is 1. The smallest absolute Gasteiger partial charge is 0.191 e. The predicted molar refractivity (Wildman–Crippen MR) is 120 cm³/mol. The number of morpholine rings is 1. The van der Waals surface area contributed by atoms with Gasteiger partial charge in [-0.3, -0.25) is 9.89 Å². The maximum atomic E-state index is 5.37. The highest BCUT2D eigenvalue weighted by Crippen LogP contribution is 2.15. The largest absolute Gasteiger partial charge is 0.379 e. The lowest BCUT2D eigenvalue weighted by atomic mass is 10.1. The molecule has 1 heterocycles. The number of benzene rings is 2. The molecule has 0 saturated carbocycles. The Labute approximate surface area is 173 Å². The second-order valence-electron chi connectivity index (χ2n) is 6.31. The molecule has 26 heavy (non-hydrogen) atoms. The van der Waals surface area contributed by atoms with Gasteiger partial charge in [0.05, 0.1) is 13.2 Å². The summed E-state index contributed by atoms with van der Waals surface area (Å²) in [6.45, 7) is 6.53. The molecule has 1 fully saturated rings. The minimum absolute atomic E-state index is 0. The summed E-state index contributed by atoms with van der Waals surface area (Å²) < 4.78 is 5.37. The molecule has 0 aromatic heterocycles. The molecular weight excluding hydrogens is 439 g/mol. The first-order valence-electron chi connectivity index (χ1n) is 9.07. The van der Waals surface area contributed by atoms with Gasteiger partial charge in [0.15, 0.2) is 5.96 Å². The Kier molecular flexibility index (Phi) is 9.14. The lowest BCUT2D eigenvalue weighted by Crippen LogP contribution is -2.44. The van der Waals surface area contributed by atoms with Crippen molar-refractivity contribution in [1.29, 1.82) is 0 Å². The van der Waals surface area contributed by atoms with Crippen LogP contribution < -0.4 is 10.6 Å². The van der Waals surface area contributed by atoms with Gasteiger partial charge in [0.25, 0.3) is 0 Å². The van der Waals surface area contributed by atoms with E-state index in [1.54, 1.807) is 0 Å². The van der Waals surface area contributed by atoms with E-state index in [1.807, 2.05) is 7.05 Å². The summed E-state index contributed by atoms with van der Waals surface area (Å²) in [5.74, 6) is 0.869. The van der Waals surface area contributed by atoms with Crippen molar-refractivity contribution in [2.45, 2.75) is 6.42 Å². The van der Waals surface area contributed by atoms with Crippen molar-refractivity contribution < 1.29 is 4.74 Å². The fraction of sp³-hybridized carbons (Fsp3) is 0.450. The van der Waals surface area contributed by atoms with E-state index in [-0.39, 0.29) is 24.0 Å². The first-order chi connectivity index (χ1) is 12.3. The van der Waals surface area contributed by atoms with Crippen LogP contribution >= 0.6 is 24.0 Å². The van der Waals surface area contributed by atoms with Gasteiger partial charge in [-0.25, -0.2) is 0 Å². The Morgan fingerprint density at radius 1 is 1.04 bits per heavy atom. The van der Waals surface area contributed by atoms with E-state index in [9.17, 15) is 0 Å². The summed E-state index contributed by atoms with van der Waals surface area (Å²) in [6.07, 6.45) is 0.981. The van der Waals surface area contributed by atoms with E-state index in [0.29, 0.717) is 0 Å². The normalized spacial score (nSPS) is 15.5. The van der Waals surface area contributed by atoms with E-state index < -0.39 is 0 Å². The van der Waals surface area contributed by atoms with Crippen molar-refractivity contribution in [3.05, 3.63) is 48.0 Å². The van der Waals surface area contributed by atoms with Gasteiger partial charge in [0.1, 0.15) is 0 Å². The van der Waals surface area contributed by atoms with Crippen LogP contribution in [0, 0.1) is 0 Å². The summed E-state index contributed by atoms with van der Waals surface area (Å²) in [6, 6.07) is 15.2. The molecular formula is C20H29IN4O. The highest BCUT2D eigenvalue weighted by atomic mass is 127. The molecule has 0 atom stereocenters. The number of hydrogen-bond donors (Lipinski definition) is 2. The topological polar surface area (TPSA) is 48.9 Å². The molecule has 0 amide bonds. The molecule has 1 aliphatic rings. The molecule has 2 aromatic rings. The molecule has 1 saturated heterocycles. The number of halogens is 1. The van der Waals surface area contributed by atoms with Crippen LogP contribution in [-0.4, -0.2) is 63.8 Å². The minimum Gasteiger partial charge on any atom is -0.379 e. The Morgan fingerprint density at radius 2 is 1.77 bits per heavy atom. The molecule has 0 bridgehead atoms. The first-order valence-corrected chi connectivity index (χ1v) is 9.07. The van der Waals surface area contributed by atoms with Crippen molar-refractivity contribution in [2.75, 3.05) is 53.0 Å². The second kappa shape index (κ2) is 11.4. The minimum atomic E-state index is 0. The fourth-order valence-electron chi connectivity index (χ4n) is 3.10. The third kappa shape index (κ3) is 6.41. The van der Waals surface area contributed by atoms with Crippen molar-refractivity contribution in [3.63, 3.8) is 0 Å². The number of rotatable bonds is 6. The molecule has 0 spiro atoms. The van der Waals surface area contributed by atoms with Gasteiger partial charge in [-0.2, -0.15) is 0 Å². The van der Waals surface area contributed by atoms with Crippen molar-refractivity contribution in [2.24, 2.45) is 4.99 Å². The number of nitrogens with one attached hydrogen (secondary N) is 2. The van der Waals surface area contributed by atoms with Crippen LogP contribution in [0.1, 0.15) is 5.56 Å². The molecule has 2 N–H and O–H groups in total. The molecule has 2 aromatic carbocycles. The molecule has 3 rings (SSSR count). The zero-order chi connectivity index (χ0) is 17.3. The second-order valence-corrected chi connectivity index (χ2v) is 6.31. The number of nitrogens with zero attached hydrogens (tertiary/aromatic N) is 2. The lowest BCUT2D eigenvalue weighted by molar-refractivity contribution is 0.0389. The lowest BCUT2D eigenvalue weighted by Gasteiger charge is -2.26. The molecule has 0 unspecified atom stereocenters. The van der Waals surface area contributed by atoms with E-state index in [0.717, 1.165) is 58.3 Å². The SMILES string of the molecule is CN=C(NCCc1ccc2ccccc2c1)NCCN1CCOCC1.I. The monoisotopic (exact) mass is 468 g/mol. The van der Waals surface area contributed by atoms with Crippen LogP contribution in [0.15, 0.2) is 47.5 Å². The third-order valence-electron chi connectivity index (χ3n) is 4.57. The van der Waals surface area contributed by atoms with Crippen LogP contribution in [0.4, 0.5) is 0 Å². The fourth-order valence-corrected chi connectivity index (χ4v) is 3.10. The zero-order valence-corrected chi connectivity index (χ0v) is 17.7. The standard InChI is InChI=1S/C20H28N4O.HI/c1-21-20(23-10-11-24-12-14-25-15-13-24)22-9-8-17-6-7-18-4-2-3-5-19(18)16-17;/h2-7,16H,8-15H2,1H3,(H2,21,22,23);1H. The quantitative estimate of drug-likeness (QED) is 0.389. The summed E-state index contributed by atoms with van der Waals surface area (Å²) in [5, 5.41) is 9.38. The average Bonchev–Trinajstić information content (AvgIpc) is 2.67. The zero-order valence-electron chi connectivity index (χ0n) is 15.4. The summed E-state index contributed by atoms with van der Waals surface area (Å²) in [5.41, 5.74) is 1.34. The third-order valence-corrected chi connectivity index (χ3v) is 4.57. The number of guanidine groups is 1. The maximum Gasteiger partial charge on any atom is 0.191 e. The molecule has 1 aliphatic heterocycles. The molecule has 5 nitrogen and oxygen atoms in total. The van der Waals surface area contributed by atoms with E-state index in [4.69, 9.17) is 4.74 Å². The number of aliphatic imine (C=N–C) groups is 1. The summed E-state index contributed by atoms with van der Waals surface area (Å²) in [7, 11) is 1.82. The van der Waals surface area contributed by atoms with Gasteiger partial charge in [-0.05, 0) is 22.8 Å². The summed E-state index contributed by atoms with van der Waals surface area (Å²) >= 11 is 0. The van der Waals surface area contributed by atoms with E-state index >= 15 is 0 Å². The van der Waals surface area contributed by atoms with Crippen LogP contribution in [0.2, 0.25) is 0 Å². The van der Waals surface area contributed by atoms with E-state index in [1.165, 1.54) is 16.3 Å². The van der Waals surface area contributed by atoms with Gasteiger partial charge in [-0.1, -0.05) is 42.5 Å². The van der Waals surface area contributed by atoms with Gasteiger partial charge in [0.2, 0.25) is 0 Å². The van der Waals surface area contributed by atoms with Crippen LogP contribution in [0.25, 0.3) is 10.8 Å². The van der Waals surface area contributed by atoms with E-state index in [2.05, 4.69) is 63.0 Å². The maximum absolute atomic E-state index is 5.37. The Morgan fingerprint density at radius 3 is 2.54 bits per heavy atom. The summed E-state index contributed by atoms with van der Waals surface area (Å²) in [4.78, 5) is 6.72. The van der Waals surface area contributed by atoms with Crippen molar-refractivity contribution >= 4 is 40.7 Å². The van der Waals surface area contributed by atoms with Crippen molar-refractivity contribution in [3.8, 4) is 0 Å². The molecule has 0 radical (unpaired) electrons. The molecule has 0 aliphatic carbocycles. The number of fused-ring (bicyclic) bond motifs is 1. The van der Waals surface area contributed by atoms with Crippen LogP contribution in [0.3, 0.4) is 0 Å². The molecule has 6 heteroatoms. The van der Waals surface area contributed by atoms with Crippen molar-refractivity contribution in [1.82, 2.24) is 15.5 Å². The van der Waals surface area contributed by atoms with Gasteiger partial charge in [-0.15, -0.1) is 24.0 Å². The van der Waals surface area contributed by atoms with Gasteiger partial charge >= 0.3 is 0 Å². The molecule has 142 valence electrons. The predicted octanol–water partition coefficient (Wildman–Crippen LogP) is 2.50. The first kappa shape index (κ1) is 20.9.